The van der Waals surface area contributed by atoms with Crippen LogP contribution in [-0.2, 0) is 16.3 Å². The fraction of sp³-hybridized carbons (Fsp3) is 0.250. The van der Waals surface area contributed by atoms with Crippen LogP contribution < -0.4 is 5.56 Å². The number of unbranched alkanes of at least 4 members (excludes halogenated alkanes) is 1. The summed E-state index contributed by atoms with van der Waals surface area (Å²) in [5.41, 5.74) is 1.06. The molecule has 4 rings (SSSR count). The van der Waals surface area contributed by atoms with Crippen LogP contribution >= 0.6 is 0 Å². The van der Waals surface area contributed by atoms with E-state index in [0.29, 0.717) is 29.8 Å². The van der Waals surface area contributed by atoms with Gasteiger partial charge in [0, 0.05) is 18.2 Å². The highest BCUT2D eigenvalue weighted by Gasteiger charge is 2.31. The molecule has 2 aromatic heterocycles. The fourth-order valence-corrected chi connectivity index (χ4v) is 5.72. The van der Waals surface area contributed by atoms with Crippen LogP contribution in [0.1, 0.15) is 50.5 Å². The lowest BCUT2D eigenvalue weighted by Gasteiger charge is -2.23. The molecule has 0 aliphatic carbocycles. The number of aryl methyl sites for hydroxylation is 1. The molecule has 0 aliphatic rings. The second-order valence-electron chi connectivity index (χ2n) is 8.71. The number of hydrogen-bond acceptors (Lipinski definition) is 6. The molecular weight excluding hydrogens is 493 g/mol. The molecule has 0 spiro atoms. The van der Waals surface area contributed by atoms with Crippen LogP contribution in [0.5, 0.6) is 5.88 Å². The van der Waals surface area contributed by atoms with E-state index in [-0.39, 0.29) is 4.90 Å². The summed E-state index contributed by atoms with van der Waals surface area (Å²) in [7, 11) is -4.43. The van der Waals surface area contributed by atoms with E-state index in [0.717, 1.165) is 24.6 Å². The average molecular weight is 522 g/mol. The first-order valence-electron chi connectivity index (χ1n) is 12.1. The molecule has 192 valence electrons. The summed E-state index contributed by atoms with van der Waals surface area (Å²) >= 11 is 0. The largest absolute Gasteiger partial charge is 0.492 e. The van der Waals surface area contributed by atoms with E-state index in [9.17, 15) is 22.7 Å². The Morgan fingerprint density at radius 3 is 2.32 bits per heavy atom. The molecule has 1 unspecified atom stereocenters. The number of halogens is 1. The lowest BCUT2D eigenvalue weighted by molar-refractivity contribution is 0.406. The van der Waals surface area contributed by atoms with Crippen molar-refractivity contribution in [2.45, 2.75) is 55.4 Å². The maximum atomic E-state index is 13.8. The molecule has 0 amide bonds. The Morgan fingerprint density at radius 2 is 1.70 bits per heavy atom. The minimum atomic E-state index is -4.43. The molecule has 37 heavy (non-hydrogen) atoms. The Morgan fingerprint density at radius 1 is 1.00 bits per heavy atom. The molecule has 7 nitrogen and oxygen atoms in total. The molecule has 1 atom stereocenters. The average Bonchev–Trinajstić information content (AvgIpc) is 2.89. The molecule has 0 aliphatic heterocycles. The third kappa shape index (κ3) is 5.32. The zero-order chi connectivity index (χ0) is 26.6. The first-order valence-corrected chi connectivity index (χ1v) is 13.6. The number of hydrogen-bond donors (Lipinski definition) is 1. The smallest absolute Gasteiger partial charge is 0.277 e. The van der Waals surface area contributed by atoms with Gasteiger partial charge in [0.15, 0.2) is 4.90 Å². The molecular formula is C28H28FN3O4S. The number of rotatable bonds is 9. The van der Waals surface area contributed by atoms with Gasteiger partial charge in [-0.1, -0.05) is 62.7 Å². The second-order valence-corrected chi connectivity index (χ2v) is 10.6. The van der Waals surface area contributed by atoms with Crippen molar-refractivity contribution in [2.75, 3.05) is 0 Å². The maximum Gasteiger partial charge on any atom is 0.277 e. The highest BCUT2D eigenvalue weighted by molar-refractivity contribution is 7.91. The zero-order valence-electron chi connectivity index (χ0n) is 20.6. The Labute approximate surface area is 215 Å². The molecule has 1 N–H and O–H groups in total. The van der Waals surface area contributed by atoms with Gasteiger partial charge in [0.1, 0.15) is 11.6 Å². The minimum Gasteiger partial charge on any atom is -0.492 e. The van der Waals surface area contributed by atoms with Gasteiger partial charge in [0.2, 0.25) is 15.7 Å². The summed E-state index contributed by atoms with van der Waals surface area (Å²) in [4.78, 5) is 20.9. The van der Waals surface area contributed by atoms with Crippen molar-refractivity contribution in [1.82, 2.24) is 14.5 Å². The van der Waals surface area contributed by atoms with Gasteiger partial charge in [-0.2, -0.15) is 4.98 Å². The lowest BCUT2D eigenvalue weighted by atomic mass is 10.0. The van der Waals surface area contributed by atoms with Crippen LogP contribution in [-0.4, -0.2) is 28.1 Å². The number of aromatic nitrogens is 3. The topological polar surface area (TPSA) is 102 Å². The highest BCUT2D eigenvalue weighted by Crippen LogP contribution is 2.30. The zero-order valence-corrected chi connectivity index (χ0v) is 21.5. The Kier molecular flexibility index (Phi) is 7.83. The summed E-state index contributed by atoms with van der Waals surface area (Å²) in [6.45, 7) is 3.91. The number of aromatic hydroxyl groups is 1. The SMILES string of the molecule is CCCCc1nc(O)c(S(=O)(=O)c2ccc(-c3cncc(F)c3)cc2)c(=O)n1C(CC)c1ccccc1. The normalized spacial score (nSPS) is 12.4. The standard InChI is InChI=1S/C28H28FN3O4S/c1-3-5-11-25-31-27(33)26(28(34)32(25)24(4-2)20-9-7-6-8-10-20)37(35,36)23-14-12-19(13-15-23)21-16-22(29)18-30-17-21/h6-10,12-18,24,33H,3-5,11H2,1-2H3. The number of pyridine rings is 1. The van der Waals surface area contributed by atoms with Crippen molar-refractivity contribution in [2.24, 2.45) is 0 Å². The maximum absolute atomic E-state index is 13.8. The lowest BCUT2D eigenvalue weighted by Crippen LogP contribution is -2.33. The van der Waals surface area contributed by atoms with Crippen molar-refractivity contribution in [3.8, 4) is 17.0 Å². The van der Waals surface area contributed by atoms with Crippen molar-refractivity contribution >= 4 is 9.84 Å². The minimum absolute atomic E-state index is 0.185. The number of sulfone groups is 1. The summed E-state index contributed by atoms with van der Waals surface area (Å²) in [5, 5.41) is 10.7. The molecule has 0 bridgehead atoms. The Bertz CT molecular complexity index is 1550. The second kappa shape index (κ2) is 11.0. The molecule has 0 saturated carbocycles. The Hall–Kier alpha value is -3.85. The fourth-order valence-electron chi connectivity index (χ4n) is 4.37. The summed E-state index contributed by atoms with van der Waals surface area (Å²) in [5.74, 6) is -0.987. The van der Waals surface area contributed by atoms with E-state index in [1.807, 2.05) is 44.2 Å². The van der Waals surface area contributed by atoms with Gasteiger partial charge in [-0.05, 0) is 42.2 Å². The van der Waals surface area contributed by atoms with Crippen LogP contribution in [0.3, 0.4) is 0 Å². The molecule has 0 saturated heterocycles. The van der Waals surface area contributed by atoms with Crippen molar-refractivity contribution in [3.05, 3.63) is 101 Å². The quantitative estimate of drug-likeness (QED) is 0.320. The van der Waals surface area contributed by atoms with E-state index in [1.165, 1.54) is 41.1 Å². The molecule has 9 heteroatoms. The first kappa shape index (κ1) is 26.2. The summed E-state index contributed by atoms with van der Waals surface area (Å²) < 4.78 is 42.2. The van der Waals surface area contributed by atoms with Gasteiger partial charge in [-0.15, -0.1) is 0 Å². The van der Waals surface area contributed by atoms with Crippen LogP contribution in [0.4, 0.5) is 4.39 Å². The van der Waals surface area contributed by atoms with Crippen LogP contribution in [0, 0.1) is 5.82 Å². The van der Waals surface area contributed by atoms with E-state index in [2.05, 4.69) is 9.97 Å². The molecule has 0 fully saturated rings. The molecule has 4 aromatic rings. The first-order chi connectivity index (χ1) is 17.8. The number of benzene rings is 2. The van der Waals surface area contributed by atoms with E-state index >= 15 is 0 Å². The monoisotopic (exact) mass is 521 g/mol. The molecule has 2 aromatic carbocycles. The summed E-state index contributed by atoms with van der Waals surface area (Å²) in [6, 6.07) is 15.8. The van der Waals surface area contributed by atoms with Crippen LogP contribution in [0.25, 0.3) is 11.1 Å². The number of nitrogens with zero attached hydrogens (tertiary/aromatic N) is 3. The summed E-state index contributed by atoms with van der Waals surface area (Å²) in [6.07, 6.45) is 5.03. The van der Waals surface area contributed by atoms with E-state index < -0.39 is 38.0 Å². The van der Waals surface area contributed by atoms with E-state index in [4.69, 9.17) is 0 Å². The van der Waals surface area contributed by atoms with E-state index in [1.54, 1.807) is 0 Å². The van der Waals surface area contributed by atoms with Crippen molar-refractivity contribution in [1.29, 1.82) is 0 Å². The van der Waals surface area contributed by atoms with Gasteiger partial charge in [0.25, 0.3) is 5.56 Å². The Balaban J connectivity index is 1.85. The van der Waals surface area contributed by atoms with Gasteiger partial charge in [0.05, 0.1) is 17.1 Å². The van der Waals surface area contributed by atoms with Gasteiger partial charge in [-0.3, -0.25) is 14.3 Å². The predicted molar refractivity (Wildman–Crippen MR) is 139 cm³/mol. The third-order valence-electron chi connectivity index (χ3n) is 6.24. The highest BCUT2D eigenvalue weighted by atomic mass is 32.2. The van der Waals surface area contributed by atoms with Gasteiger partial charge >= 0.3 is 0 Å². The van der Waals surface area contributed by atoms with Gasteiger partial charge in [-0.25, -0.2) is 12.8 Å². The third-order valence-corrected chi connectivity index (χ3v) is 8.02. The van der Waals surface area contributed by atoms with Crippen molar-refractivity contribution in [3.63, 3.8) is 0 Å². The molecule has 0 radical (unpaired) electrons. The molecule has 2 heterocycles. The predicted octanol–water partition coefficient (Wildman–Crippen LogP) is 5.32. The van der Waals surface area contributed by atoms with Gasteiger partial charge < -0.3 is 5.11 Å². The van der Waals surface area contributed by atoms with Crippen LogP contribution in [0.2, 0.25) is 0 Å². The van der Waals surface area contributed by atoms with Crippen molar-refractivity contribution < 1.29 is 17.9 Å². The van der Waals surface area contributed by atoms with Crippen LogP contribution in [0.15, 0.2) is 87.6 Å².